The van der Waals surface area contributed by atoms with E-state index < -0.39 is 108 Å². The minimum atomic E-state index is -1.46. The summed E-state index contributed by atoms with van der Waals surface area (Å²) in [6, 6.07) is 21.9. The van der Waals surface area contributed by atoms with E-state index >= 15 is 0 Å². The van der Waals surface area contributed by atoms with Gasteiger partial charge in [-0.05, 0) is 95.4 Å². The van der Waals surface area contributed by atoms with Crippen molar-refractivity contribution in [1.82, 2.24) is 37.2 Å². The second kappa shape index (κ2) is 30.1. The predicted octanol–water partition coefficient (Wildman–Crippen LogP) is 0.958. The van der Waals surface area contributed by atoms with Crippen LogP contribution in [-0.2, 0) is 57.6 Å². The van der Waals surface area contributed by atoms with Gasteiger partial charge in [0.2, 0.25) is 47.3 Å². The van der Waals surface area contributed by atoms with Crippen LogP contribution in [0.1, 0.15) is 56.7 Å². The summed E-state index contributed by atoms with van der Waals surface area (Å²) in [5.41, 5.74) is 19.5. The quantitative estimate of drug-likeness (QED) is 0.0235. The number of amides is 8. The number of hydrogen-bond acceptors (Lipinski definition) is 14. The fourth-order valence-corrected chi connectivity index (χ4v) is 9.18. The van der Waals surface area contributed by atoms with Gasteiger partial charge >= 0.3 is 0 Å². The number of carbonyl (C=O) groups excluding carboxylic acids is 8. The molecule has 15 N–H and O–H groups in total. The molecule has 8 amide bonds. The second-order valence-corrected chi connectivity index (χ2v) is 20.3. The molecule has 0 aliphatic heterocycles. The van der Waals surface area contributed by atoms with E-state index in [2.05, 4.69) is 62.5 Å². The summed E-state index contributed by atoms with van der Waals surface area (Å²) in [6.45, 7) is 4.82. The van der Waals surface area contributed by atoms with Crippen molar-refractivity contribution >= 4 is 94.1 Å². The zero-order chi connectivity index (χ0) is 57.1. The van der Waals surface area contributed by atoms with Gasteiger partial charge in [0.25, 0.3) is 0 Å². The van der Waals surface area contributed by atoms with E-state index in [1.807, 2.05) is 72.8 Å². The first-order chi connectivity index (χ1) is 37.2. The zero-order valence-electron chi connectivity index (χ0n) is 43.8. The molecule has 0 spiro atoms. The van der Waals surface area contributed by atoms with Gasteiger partial charge in [0.15, 0.2) is 0 Å². The summed E-state index contributed by atoms with van der Waals surface area (Å²) in [5, 5.41) is 42.2. The zero-order valence-corrected chi connectivity index (χ0v) is 45.6. The smallest absolute Gasteiger partial charge is 0.244 e. The van der Waals surface area contributed by atoms with Gasteiger partial charge in [-0.25, -0.2) is 0 Å². The highest BCUT2D eigenvalue weighted by Gasteiger charge is 2.35. The third kappa shape index (κ3) is 17.9. The van der Waals surface area contributed by atoms with E-state index in [9.17, 15) is 48.6 Å². The van der Waals surface area contributed by atoms with Crippen molar-refractivity contribution in [3.63, 3.8) is 0 Å². The Morgan fingerprint density at radius 3 is 1.62 bits per heavy atom. The molecule has 78 heavy (non-hydrogen) atoms. The average Bonchev–Trinajstić information content (AvgIpc) is 3.43. The summed E-state index contributed by atoms with van der Waals surface area (Å²) in [4.78, 5) is 110. The molecular formula is C56H72N10O10S2. The molecule has 0 aliphatic carbocycles. The first kappa shape index (κ1) is 61.6. The summed E-state index contributed by atoms with van der Waals surface area (Å²) >= 11 is 8.55. The van der Waals surface area contributed by atoms with Gasteiger partial charge in [0, 0.05) is 24.3 Å². The maximum absolute atomic E-state index is 14.8. The number of aromatic hydroxyl groups is 1. The molecule has 5 aromatic rings. The molecule has 5 rings (SSSR count). The number of nitrogens with two attached hydrogens (primary N) is 3. The van der Waals surface area contributed by atoms with E-state index in [0.717, 1.165) is 27.1 Å². The van der Waals surface area contributed by atoms with Gasteiger partial charge in [-0.2, -0.15) is 25.3 Å². The maximum atomic E-state index is 14.8. The topological polar surface area (TPSA) is 339 Å². The molecule has 0 unspecified atom stereocenters. The molecule has 9 atom stereocenters. The fraction of sp³-hybridized carbons (Fsp3) is 0.393. The van der Waals surface area contributed by atoms with Crippen LogP contribution in [0.2, 0.25) is 0 Å². The molecular weight excluding hydrogens is 1040 g/mol. The van der Waals surface area contributed by atoms with E-state index in [-0.39, 0.29) is 49.5 Å². The Balaban J connectivity index is 1.41. The molecule has 0 fully saturated rings. The van der Waals surface area contributed by atoms with Crippen molar-refractivity contribution < 1.29 is 48.6 Å². The lowest BCUT2D eigenvalue weighted by molar-refractivity contribution is -0.136. The van der Waals surface area contributed by atoms with Crippen LogP contribution in [0.5, 0.6) is 5.75 Å². The highest BCUT2D eigenvalue weighted by atomic mass is 32.1. The Labute approximate surface area is 464 Å². The number of aliphatic hydroxyl groups excluding tert-OH is 1. The number of aliphatic hydroxyl groups is 1. The number of rotatable bonds is 29. The third-order valence-electron chi connectivity index (χ3n) is 13.1. The number of unbranched alkanes of at least 4 members (excludes halogenated alkanes) is 1. The Kier molecular flexibility index (Phi) is 23.7. The molecule has 0 aliphatic rings. The molecule has 0 bridgehead atoms. The van der Waals surface area contributed by atoms with E-state index in [1.165, 1.54) is 19.1 Å². The van der Waals surface area contributed by atoms with Crippen molar-refractivity contribution in [2.24, 2.45) is 23.1 Å². The Hall–Kier alpha value is -7.24. The number of carbonyl (C=O) groups is 8. The average molecular weight is 1110 g/mol. The van der Waals surface area contributed by atoms with Crippen LogP contribution in [0, 0.1) is 5.92 Å². The highest BCUT2D eigenvalue weighted by Crippen LogP contribution is 2.21. The highest BCUT2D eigenvalue weighted by molar-refractivity contribution is 7.80. The Morgan fingerprint density at radius 1 is 0.513 bits per heavy atom. The minimum Gasteiger partial charge on any atom is -0.508 e. The molecule has 20 nitrogen and oxygen atoms in total. The van der Waals surface area contributed by atoms with Gasteiger partial charge in [-0.15, -0.1) is 0 Å². The van der Waals surface area contributed by atoms with Gasteiger partial charge in [0.1, 0.15) is 48.0 Å². The predicted molar refractivity (Wildman–Crippen MR) is 305 cm³/mol. The summed E-state index contributed by atoms with van der Waals surface area (Å²) in [7, 11) is 0. The molecule has 0 saturated carbocycles. The molecule has 0 aromatic heterocycles. The van der Waals surface area contributed by atoms with Crippen LogP contribution in [0.15, 0.2) is 109 Å². The lowest BCUT2D eigenvalue weighted by Crippen LogP contribution is -2.62. The largest absolute Gasteiger partial charge is 0.508 e. The maximum Gasteiger partial charge on any atom is 0.244 e. The van der Waals surface area contributed by atoms with E-state index in [1.54, 1.807) is 38.1 Å². The molecule has 0 saturated heterocycles. The monoisotopic (exact) mass is 1110 g/mol. The van der Waals surface area contributed by atoms with Crippen LogP contribution in [0.4, 0.5) is 0 Å². The number of benzene rings is 5. The van der Waals surface area contributed by atoms with Gasteiger partial charge in [-0.1, -0.05) is 111 Å². The second-order valence-electron chi connectivity index (χ2n) is 19.5. The molecule has 0 radical (unpaired) electrons. The fourth-order valence-electron chi connectivity index (χ4n) is 8.67. The van der Waals surface area contributed by atoms with E-state index in [4.69, 9.17) is 17.2 Å². The number of nitrogens with one attached hydrogen (secondary N) is 7. The summed E-state index contributed by atoms with van der Waals surface area (Å²) in [6.07, 6.45) is -0.553. The number of hydrogen-bond donors (Lipinski definition) is 14. The number of thiol groups is 2. The van der Waals surface area contributed by atoms with Crippen LogP contribution in [-0.4, -0.2) is 130 Å². The van der Waals surface area contributed by atoms with Gasteiger partial charge in [-0.3, -0.25) is 38.4 Å². The normalized spacial score (nSPS) is 14.8. The summed E-state index contributed by atoms with van der Waals surface area (Å²) < 4.78 is 0. The molecule has 418 valence electrons. The van der Waals surface area contributed by atoms with Crippen molar-refractivity contribution in [2.75, 3.05) is 18.1 Å². The Bertz CT molecular complexity index is 2890. The first-order valence-electron chi connectivity index (χ1n) is 25.7. The standard InChI is InChI=1S/C56H72N10O10S2/c1-31(2)47(56(76)64-46(30-78)55(75)66-48(32(3)67)49(59)69)65-51(71)42(17-8-9-24-57)60-53(73)44(28-38-15-10-14-36-12-6-7-16-40(36)38)62-52(72)43(27-33-19-22-39(68)23-20-33)61-54(74)45(29-77)63-50(70)41(58)26-34-18-21-35-11-4-5-13-37(35)25-34/h4-7,10-16,18-23,25,31-32,41-48,67-68,77-78H,8-9,17,24,26-30,57-58H2,1-3H3,(H2,59,69)(H,60,73)(H,61,74)(H,62,72)(H,63,70)(H,64,76)(H,65,71)(H,66,75)/t32-,41+,42+,43+,44+,45+,46+,47+,48+/m1/s1. The minimum absolute atomic E-state index is 0.0446. The van der Waals surface area contributed by atoms with Gasteiger partial charge in [0.05, 0.1) is 12.1 Å². The Morgan fingerprint density at radius 2 is 1.01 bits per heavy atom. The van der Waals surface area contributed by atoms with Crippen LogP contribution in [0.25, 0.3) is 21.5 Å². The van der Waals surface area contributed by atoms with Crippen molar-refractivity contribution in [1.29, 1.82) is 0 Å². The van der Waals surface area contributed by atoms with Crippen LogP contribution >= 0.6 is 25.3 Å². The van der Waals surface area contributed by atoms with Crippen molar-refractivity contribution in [2.45, 2.75) is 114 Å². The molecule has 5 aromatic carbocycles. The third-order valence-corrected chi connectivity index (χ3v) is 13.8. The van der Waals surface area contributed by atoms with Crippen molar-refractivity contribution in [3.8, 4) is 5.75 Å². The SMILES string of the molecule is CC(C)[C@H](NC(=O)[C@H](CCCCN)NC(=O)[C@H](Cc1cccc2ccccc12)NC(=O)[C@H](Cc1ccc(O)cc1)NC(=O)[C@H](CS)NC(=O)[C@@H](N)Cc1ccc2ccccc2c1)C(=O)N[C@@H](CS)C(=O)N[C@H](C(N)=O)[C@@H](C)O. The van der Waals surface area contributed by atoms with Crippen molar-refractivity contribution in [3.05, 3.63) is 126 Å². The lowest BCUT2D eigenvalue weighted by Gasteiger charge is -2.29. The molecule has 22 heteroatoms. The van der Waals surface area contributed by atoms with Gasteiger partial charge < -0.3 is 64.6 Å². The first-order valence-corrected chi connectivity index (χ1v) is 27.0. The lowest BCUT2D eigenvalue weighted by atomic mass is 9.97. The number of phenolic OH excluding ortho intramolecular Hbond substituents is 1. The number of primary amides is 1. The number of phenols is 1. The van der Waals surface area contributed by atoms with Crippen LogP contribution in [0.3, 0.4) is 0 Å². The molecule has 0 heterocycles. The van der Waals surface area contributed by atoms with E-state index in [0.29, 0.717) is 24.0 Å². The number of fused-ring (bicyclic) bond motifs is 2. The van der Waals surface area contributed by atoms with Crippen LogP contribution < -0.4 is 54.4 Å². The summed E-state index contributed by atoms with van der Waals surface area (Å²) in [5.74, 6) is -7.49.